The number of carbonyl (C=O) groups is 1. The quantitative estimate of drug-likeness (QED) is 0.899. The molecule has 0 radical (unpaired) electrons. The van der Waals surface area contributed by atoms with Crippen molar-refractivity contribution in [2.75, 3.05) is 18.5 Å². The van der Waals surface area contributed by atoms with Crippen LogP contribution in [0.5, 0.6) is 0 Å². The van der Waals surface area contributed by atoms with Gasteiger partial charge in [-0.1, -0.05) is 6.42 Å². The minimum absolute atomic E-state index is 0.226. The lowest BCUT2D eigenvalue weighted by Gasteiger charge is -2.41. The van der Waals surface area contributed by atoms with Gasteiger partial charge in [-0.15, -0.1) is 0 Å². The number of nitrogens with zero attached hydrogens (tertiary/aromatic N) is 1. The highest BCUT2D eigenvalue weighted by Crippen LogP contribution is 2.42. The van der Waals surface area contributed by atoms with Gasteiger partial charge in [0.2, 0.25) is 0 Å². The van der Waals surface area contributed by atoms with E-state index in [1.54, 1.807) is 11.9 Å². The summed E-state index contributed by atoms with van der Waals surface area (Å²) >= 11 is 0. The van der Waals surface area contributed by atoms with Crippen molar-refractivity contribution in [3.63, 3.8) is 0 Å². The van der Waals surface area contributed by atoms with Crippen molar-refractivity contribution in [2.45, 2.75) is 19.3 Å². The van der Waals surface area contributed by atoms with Crippen LogP contribution in [0.4, 0.5) is 14.5 Å². The van der Waals surface area contributed by atoms with Crippen molar-refractivity contribution in [3.05, 3.63) is 29.8 Å². The van der Waals surface area contributed by atoms with Crippen LogP contribution < -0.4 is 4.90 Å². The zero-order valence-corrected chi connectivity index (χ0v) is 10.1. The maximum atomic E-state index is 13.6. The molecule has 0 amide bonds. The van der Waals surface area contributed by atoms with E-state index in [0.29, 0.717) is 12.8 Å². The molecule has 2 rings (SSSR count). The fourth-order valence-electron chi connectivity index (χ4n) is 2.37. The van der Waals surface area contributed by atoms with Crippen LogP contribution in [0.25, 0.3) is 0 Å². The highest BCUT2D eigenvalue weighted by Gasteiger charge is 2.45. The van der Waals surface area contributed by atoms with Crippen LogP contribution in [0.15, 0.2) is 18.2 Å². The molecule has 5 heteroatoms. The topological polar surface area (TPSA) is 40.5 Å². The SMILES string of the molecule is CN(CC1(C(=O)O)CCC1)c1ccc(F)cc1F. The van der Waals surface area contributed by atoms with Crippen molar-refractivity contribution < 1.29 is 18.7 Å². The lowest BCUT2D eigenvalue weighted by molar-refractivity contribution is -0.153. The van der Waals surface area contributed by atoms with E-state index in [9.17, 15) is 18.7 Å². The van der Waals surface area contributed by atoms with Gasteiger partial charge in [-0.05, 0) is 25.0 Å². The van der Waals surface area contributed by atoms with Gasteiger partial charge >= 0.3 is 5.97 Å². The number of anilines is 1. The van der Waals surface area contributed by atoms with E-state index in [1.807, 2.05) is 0 Å². The molecule has 1 aliphatic carbocycles. The first-order valence-electron chi connectivity index (χ1n) is 5.84. The molecule has 0 heterocycles. The first-order chi connectivity index (χ1) is 8.44. The fourth-order valence-corrected chi connectivity index (χ4v) is 2.37. The number of hydrogen-bond donors (Lipinski definition) is 1. The van der Waals surface area contributed by atoms with E-state index in [1.165, 1.54) is 12.1 Å². The van der Waals surface area contributed by atoms with Gasteiger partial charge in [0.25, 0.3) is 0 Å². The molecule has 1 aliphatic rings. The molecule has 1 saturated carbocycles. The molecule has 18 heavy (non-hydrogen) atoms. The molecule has 1 fully saturated rings. The second kappa shape index (κ2) is 4.55. The van der Waals surface area contributed by atoms with E-state index in [0.717, 1.165) is 12.5 Å². The molecular formula is C13H15F2NO2. The summed E-state index contributed by atoms with van der Waals surface area (Å²) in [5, 5.41) is 9.21. The standard InChI is InChI=1S/C13H15F2NO2/c1-16(8-13(12(17)18)5-2-6-13)11-4-3-9(14)7-10(11)15/h3-4,7H,2,5-6,8H2,1H3,(H,17,18). The molecule has 1 N–H and O–H groups in total. The van der Waals surface area contributed by atoms with Crippen LogP contribution in [-0.4, -0.2) is 24.7 Å². The molecule has 98 valence electrons. The first kappa shape index (κ1) is 12.8. The number of carboxylic acids is 1. The third kappa shape index (κ3) is 2.17. The largest absolute Gasteiger partial charge is 0.481 e. The summed E-state index contributed by atoms with van der Waals surface area (Å²) in [6.07, 6.45) is 2.09. The molecule has 0 aliphatic heterocycles. The number of hydrogen-bond acceptors (Lipinski definition) is 2. The van der Waals surface area contributed by atoms with Crippen LogP contribution in [-0.2, 0) is 4.79 Å². The lowest BCUT2D eigenvalue weighted by Crippen LogP contribution is -2.47. The van der Waals surface area contributed by atoms with Crippen molar-refractivity contribution in [1.82, 2.24) is 0 Å². The Morgan fingerprint density at radius 2 is 2.11 bits per heavy atom. The molecular weight excluding hydrogens is 240 g/mol. The van der Waals surface area contributed by atoms with E-state index in [4.69, 9.17) is 0 Å². The van der Waals surface area contributed by atoms with Crippen LogP contribution in [0, 0.1) is 17.0 Å². The third-order valence-electron chi connectivity index (χ3n) is 3.63. The van der Waals surface area contributed by atoms with E-state index >= 15 is 0 Å². The highest BCUT2D eigenvalue weighted by atomic mass is 19.1. The Labute approximate surface area is 104 Å². The summed E-state index contributed by atoms with van der Waals surface area (Å²) in [5.41, 5.74) is -0.556. The zero-order chi connectivity index (χ0) is 13.3. The van der Waals surface area contributed by atoms with E-state index in [2.05, 4.69) is 0 Å². The number of carboxylic acid groups (broad SMARTS) is 1. The number of rotatable bonds is 4. The molecule has 0 spiro atoms. The second-order valence-corrected chi connectivity index (χ2v) is 4.89. The summed E-state index contributed by atoms with van der Waals surface area (Å²) in [6.45, 7) is 0.241. The van der Waals surface area contributed by atoms with Crippen molar-refractivity contribution >= 4 is 11.7 Å². The van der Waals surface area contributed by atoms with Gasteiger partial charge in [-0.3, -0.25) is 4.79 Å². The zero-order valence-electron chi connectivity index (χ0n) is 10.1. The average molecular weight is 255 g/mol. The predicted molar refractivity (Wildman–Crippen MR) is 63.5 cm³/mol. The Bertz CT molecular complexity index is 472. The Hall–Kier alpha value is -1.65. The number of aliphatic carboxylic acids is 1. The maximum Gasteiger partial charge on any atom is 0.311 e. The van der Waals surface area contributed by atoms with Crippen molar-refractivity contribution in [2.24, 2.45) is 5.41 Å². The summed E-state index contributed by atoms with van der Waals surface area (Å²) in [7, 11) is 1.62. The normalized spacial score (nSPS) is 17.1. The van der Waals surface area contributed by atoms with Crippen molar-refractivity contribution in [3.8, 4) is 0 Å². The van der Waals surface area contributed by atoms with Gasteiger partial charge < -0.3 is 10.0 Å². The van der Waals surface area contributed by atoms with Gasteiger partial charge in [-0.2, -0.15) is 0 Å². The van der Waals surface area contributed by atoms with Gasteiger partial charge in [-0.25, -0.2) is 8.78 Å². The Balaban J connectivity index is 2.16. The Morgan fingerprint density at radius 1 is 1.44 bits per heavy atom. The molecule has 0 unspecified atom stereocenters. The van der Waals surface area contributed by atoms with Gasteiger partial charge in [0.1, 0.15) is 11.6 Å². The Kier molecular flexibility index (Phi) is 3.24. The average Bonchev–Trinajstić information content (AvgIpc) is 2.22. The minimum atomic E-state index is -0.844. The number of benzene rings is 1. The molecule has 0 aromatic heterocycles. The summed E-state index contributed by atoms with van der Waals surface area (Å²) < 4.78 is 26.4. The summed E-state index contributed by atoms with van der Waals surface area (Å²) in [5.74, 6) is -2.15. The molecule has 0 saturated heterocycles. The molecule has 3 nitrogen and oxygen atoms in total. The van der Waals surface area contributed by atoms with Crippen molar-refractivity contribution in [1.29, 1.82) is 0 Å². The maximum absolute atomic E-state index is 13.6. The van der Waals surface area contributed by atoms with Gasteiger partial charge in [0.05, 0.1) is 11.1 Å². The monoisotopic (exact) mass is 255 g/mol. The molecule has 1 aromatic carbocycles. The highest BCUT2D eigenvalue weighted by molar-refractivity contribution is 5.76. The summed E-state index contributed by atoms with van der Waals surface area (Å²) in [4.78, 5) is 12.8. The second-order valence-electron chi connectivity index (χ2n) is 4.89. The smallest absolute Gasteiger partial charge is 0.311 e. The fraction of sp³-hybridized carbons (Fsp3) is 0.462. The van der Waals surface area contributed by atoms with E-state index in [-0.39, 0.29) is 12.2 Å². The Morgan fingerprint density at radius 3 is 2.56 bits per heavy atom. The van der Waals surface area contributed by atoms with Gasteiger partial charge in [0.15, 0.2) is 0 Å². The lowest BCUT2D eigenvalue weighted by atomic mass is 9.68. The third-order valence-corrected chi connectivity index (χ3v) is 3.63. The minimum Gasteiger partial charge on any atom is -0.481 e. The predicted octanol–water partition coefficient (Wildman–Crippen LogP) is 2.66. The molecule has 0 atom stereocenters. The molecule has 1 aromatic rings. The molecule has 0 bridgehead atoms. The summed E-state index contributed by atoms with van der Waals surface area (Å²) in [6, 6.07) is 3.31. The van der Waals surface area contributed by atoms with Crippen LogP contribution in [0.1, 0.15) is 19.3 Å². The van der Waals surface area contributed by atoms with Crippen LogP contribution >= 0.6 is 0 Å². The van der Waals surface area contributed by atoms with Gasteiger partial charge in [0, 0.05) is 19.7 Å². The number of halogens is 2. The van der Waals surface area contributed by atoms with Crippen LogP contribution in [0.3, 0.4) is 0 Å². The van der Waals surface area contributed by atoms with E-state index < -0.39 is 23.0 Å². The first-order valence-corrected chi connectivity index (χ1v) is 5.84. The van der Waals surface area contributed by atoms with Crippen LogP contribution in [0.2, 0.25) is 0 Å².